The molecule has 368 valence electrons. The van der Waals surface area contributed by atoms with E-state index in [9.17, 15) is 33.3 Å². The van der Waals surface area contributed by atoms with Crippen LogP contribution in [-0.2, 0) is 55.1 Å². The molecule has 4 atom stereocenters. The summed E-state index contributed by atoms with van der Waals surface area (Å²) in [5, 5.41) is 12.7. The van der Waals surface area contributed by atoms with E-state index in [2.05, 4.69) is 26.6 Å². The van der Waals surface area contributed by atoms with Crippen LogP contribution in [-0.4, -0.2) is 115 Å². The number of nitrogens with one attached hydrogen (secondary N) is 5. The van der Waals surface area contributed by atoms with Crippen LogP contribution in [0.2, 0.25) is 0 Å². The molecule has 66 heavy (non-hydrogen) atoms. The highest BCUT2D eigenvalue weighted by molar-refractivity contribution is 7.55. The average molecular weight is 944 g/mol. The first-order valence-corrected chi connectivity index (χ1v) is 24.2. The number of nitrogens with two attached hydrogens (primary N) is 1. The van der Waals surface area contributed by atoms with E-state index in [1.54, 1.807) is 58.6 Å². The molecular formula is C47H74N7O11P. The largest absolute Gasteiger partial charge is 0.444 e. The van der Waals surface area contributed by atoms with E-state index in [1.807, 2.05) is 62.4 Å². The van der Waals surface area contributed by atoms with Crippen LogP contribution in [0.25, 0.3) is 0 Å². The number of benzene rings is 2. The first-order chi connectivity index (χ1) is 30.9. The number of likely N-dealkylation sites (tertiary alicyclic amines) is 1. The molecule has 0 spiro atoms. The van der Waals surface area contributed by atoms with Gasteiger partial charge in [-0.05, 0) is 97.1 Å². The number of piperidine rings is 1. The quantitative estimate of drug-likeness (QED) is 0.0649. The summed E-state index contributed by atoms with van der Waals surface area (Å²) in [6.07, 6.45) is 0.214. The topological polar surface area (TPSA) is 246 Å². The van der Waals surface area contributed by atoms with Gasteiger partial charge in [0.1, 0.15) is 40.6 Å². The predicted octanol–water partition coefficient (Wildman–Crippen LogP) is 5.32. The molecule has 0 saturated carbocycles. The number of amides is 6. The summed E-state index contributed by atoms with van der Waals surface area (Å²) in [7, 11) is -1.18. The third kappa shape index (κ3) is 18.3. The van der Waals surface area contributed by atoms with Crippen molar-refractivity contribution >= 4 is 43.4 Å². The molecule has 1 heterocycles. The fourth-order valence-corrected chi connectivity index (χ4v) is 8.99. The van der Waals surface area contributed by atoms with Crippen molar-refractivity contribution in [3.63, 3.8) is 0 Å². The predicted molar refractivity (Wildman–Crippen MR) is 251 cm³/mol. The number of alkyl carbamates (subject to hydrolysis) is 2. The number of carbonyl (C=O) groups excluding carboxylic acids is 6. The summed E-state index contributed by atoms with van der Waals surface area (Å²) in [6, 6.07) is 13.6. The molecule has 1 saturated heterocycles. The molecule has 2 aromatic rings. The zero-order chi connectivity index (χ0) is 49.3. The van der Waals surface area contributed by atoms with E-state index in [1.165, 1.54) is 14.2 Å². The number of rotatable bonds is 22. The van der Waals surface area contributed by atoms with Gasteiger partial charge in [-0.1, -0.05) is 74.5 Å². The van der Waals surface area contributed by atoms with Crippen LogP contribution in [0, 0.1) is 5.92 Å². The number of hydrogen-bond donors (Lipinski definition) is 6. The number of hydrogen-bond acceptors (Lipinski definition) is 12. The number of nitrogens with zero attached hydrogens (tertiary/aromatic N) is 1. The molecule has 19 heteroatoms. The van der Waals surface area contributed by atoms with E-state index in [0.29, 0.717) is 12.8 Å². The summed E-state index contributed by atoms with van der Waals surface area (Å²) in [5.41, 5.74) is 6.49. The second kappa shape index (κ2) is 25.2. The Kier molecular flexibility index (Phi) is 21.1. The maximum Gasteiger partial charge on any atom is 0.408 e. The lowest BCUT2D eigenvalue weighted by atomic mass is 9.99. The summed E-state index contributed by atoms with van der Waals surface area (Å²) in [4.78, 5) is 84.0. The lowest BCUT2D eigenvalue weighted by molar-refractivity contribution is -0.139. The van der Waals surface area contributed by atoms with Crippen molar-refractivity contribution in [1.29, 1.82) is 0 Å². The molecule has 0 unspecified atom stereocenters. The van der Waals surface area contributed by atoms with Crippen LogP contribution in [0.5, 0.6) is 0 Å². The highest BCUT2D eigenvalue weighted by Gasteiger charge is 2.49. The van der Waals surface area contributed by atoms with Crippen LogP contribution in [0.1, 0.15) is 105 Å². The fourth-order valence-electron chi connectivity index (χ4n) is 7.37. The highest BCUT2D eigenvalue weighted by Crippen LogP contribution is 2.60. The minimum atomic E-state index is -3.70. The molecule has 6 amide bonds. The maximum atomic E-state index is 14.4. The molecule has 1 fully saturated rings. The molecule has 1 aliphatic rings. The minimum Gasteiger partial charge on any atom is -0.444 e. The van der Waals surface area contributed by atoms with Crippen molar-refractivity contribution < 1.29 is 51.9 Å². The van der Waals surface area contributed by atoms with Gasteiger partial charge in [-0.15, -0.1) is 0 Å². The SMILES string of the molecule is COP(=O)(OC)C1(N)CCN(C(=O)[C@@H](CCCCNC(=O)OC(C)(C)C)NC(=O)[C@@H](CC(C)C)NC(=O)[C@@H](Cc2ccccc2)NC(=O)[C@@H](Cc2ccccc2)NC(=O)OC(C)(C)C)CC1. The van der Waals surface area contributed by atoms with Crippen molar-refractivity contribution in [1.82, 2.24) is 31.5 Å². The Hall–Kier alpha value is -5.03. The Morgan fingerprint density at radius 3 is 1.58 bits per heavy atom. The highest BCUT2D eigenvalue weighted by atomic mass is 31.2. The summed E-state index contributed by atoms with van der Waals surface area (Å²) in [6.45, 7) is 14.6. The lowest BCUT2D eigenvalue weighted by Gasteiger charge is -2.42. The fraction of sp³-hybridized carbons (Fsp3) is 0.617. The Morgan fingerprint density at radius 2 is 1.11 bits per heavy atom. The minimum absolute atomic E-state index is 0.0496. The first kappa shape index (κ1) is 55.3. The molecule has 3 rings (SSSR count). The van der Waals surface area contributed by atoms with Gasteiger partial charge in [0.05, 0.1) is 0 Å². The van der Waals surface area contributed by atoms with Gasteiger partial charge in [-0.25, -0.2) is 9.59 Å². The molecule has 18 nitrogen and oxygen atoms in total. The summed E-state index contributed by atoms with van der Waals surface area (Å²) < 4.78 is 34.5. The summed E-state index contributed by atoms with van der Waals surface area (Å²) >= 11 is 0. The first-order valence-electron chi connectivity index (χ1n) is 22.6. The Balaban J connectivity index is 1.88. The van der Waals surface area contributed by atoms with Crippen LogP contribution < -0.4 is 32.3 Å². The monoisotopic (exact) mass is 944 g/mol. The van der Waals surface area contributed by atoms with Crippen LogP contribution in [0.3, 0.4) is 0 Å². The average Bonchev–Trinajstić information content (AvgIpc) is 3.24. The Bertz CT molecular complexity index is 1940. The maximum absolute atomic E-state index is 14.4. The molecule has 0 bridgehead atoms. The third-order valence-corrected chi connectivity index (χ3v) is 13.2. The molecule has 2 aromatic carbocycles. The van der Waals surface area contributed by atoms with Gasteiger partial charge in [-0.2, -0.15) is 0 Å². The van der Waals surface area contributed by atoms with Crippen LogP contribution >= 0.6 is 7.60 Å². The van der Waals surface area contributed by atoms with Gasteiger partial charge < -0.3 is 55.7 Å². The van der Waals surface area contributed by atoms with Gasteiger partial charge >= 0.3 is 19.8 Å². The Labute approximate surface area is 390 Å². The van der Waals surface area contributed by atoms with Gasteiger partial charge in [0, 0.05) is 46.7 Å². The van der Waals surface area contributed by atoms with E-state index in [-0.39, 0.29) is 64.1 Å². The second-order valence-corrected chi connectivity index (χ2v) is 21.7. The van der Waals surface area contributed by atoms with Crippen LogP contribution in [0.4, 0.5) is 9.59 Å². The van der Waals surface area contributed by atoms with Crippen molar-refractivity contribution in [2.75, 3.05) is 33.9 Å². The third-order valence-electron chi connectivity index (χ3n) is 10.7. The van der Waals surface area contributed by atoms with E-state index >= 15 is 0 Å². The molecular weight excluding hydrogens is 870 g/mol. The zero-order valence-electron chi connectivity index (χ0n) is 40.4. The van der Waals surface area contributed by atoms with E-state index in [4.69, 9.17) is 24.3 Å². The van der Waals surface area contributed by atoms with Gasteiger partial charge in [-0.3, -0.25) is 23.7 Å². The lowest BCUT2D eigenvalue weighted by Crippen LogP contribution is -2.60. The zero-order valence-corrected chi connectivity index (χ0v) is 41.3. The van der Waals surface area contributed by atoms with Crippen molar-refractivity contribution in [2.24, 2.45) is 11.7 Å². The summed E-state index contributed by atoms with van der Waals surface area (Å²) in [5.74, 6) is -2.42. The molecule has 0 radical (unpaired) electrons. The standard InChI is InChI=1S/C47H74N7O11P/c1-32(2)29-36(39(55)50-35(23-17-18-26-49-43(59)64-45(3,4)5)42(58)54-27-24-47(48,25-28-54)66(61,62-9)63-10)51-40(56)37(30-33-19-13-11-14-20-33)52-41(57)38(31-34-21-15-12-16-22-34)53-44(60)65-46(6,7)8/h11-16,19-22,32,35-38H,17-18,23-31,48H2,1-10H3,(H,49,59)(H,50,55)(H,51,56)(H,52,57)(H,53,60)/t35-,36-,37-,38-/m1/s1. The van der Waals surface area contributed by atoms with Crippen molar-refractivity contribution in [3.05, 3.63) is 71.8 Å². The molecule has 7 N–H and O–H groups in total. The van der Waals surface area contributed by atoms with Gasteiger partial charge in [0.25, 0.3) is 0 Å². The second-order valence-electron chi connectivity index (χ2n) is 19.1. The van der Waals surface area contributed by atoms with E-state index in [0.717, 1.165) is 11.1 Å². The number of ether oxygens (including phenoxy) is 2. The van der Waals surface area contributed by atoms with Crippen LogP contribution in [0.15, 0.2) is 60.7 Å². The van der Waals surface area contributed by atoms with Crippen molar-refractivity contribution in [2.45, 2.75) is 147 Å². The van der Waals surface area contributed by atoms with Gasteiger partial charge in [0.15, 0.2) is 0 Å². The normalized spacial score (nSPS) is 15.9. The molecule has 0 aromatic heterocycles. The van der Waals surface area contributed by atoms with Gasteiger partial charge in [0.2, 0.25) is 23.6 Å². The molecule has 0 aliphatic carbocycles. The number of carbonyl (C=O) groups is 6. The number of unbranched alkanes of at least 4 members (excludes halogenated alkanes) is 1. The van der Waals surface area contributed by atoms with E-state index < -0.39 is 84.1 Å². The smallest absolute Gasteiger partial charge is 0.408 e. The molecule has 1 aliphatic heterocycles. The van der Waals surface area contributed by atoms with Crippen molar-refractivity contribution in [3.8, 4) is 0 Å². The Morgan fingerprint density at radius 1 is 0.667 bits per heavy atom.